The van der Waals surface area contributed by atoms with E-state index < -0.39 is 0 Å². The van der Waals surface area contributed by atoms with Crippen LogP contribution in [0.4, 0.5) is 4.79 Å². The maximum atomic E-state index is 11.5. The van der Waals surface area contributed by atoms with Crippen LogP contribution in [0.2, 0.25) is 0 Å². The van der Waals surface area contributed by atoms with Gasteiger partial charge in [-0.15, -0.1) is 0 Å². The largest absolute Gasteiger partial charge is 0.334 e. The molecule has 1 fully saturated rings. The molecule has 4 N–H and O–H groups in total. The van der Waals surface area contributed by atoms with Gasteiger partial charge in [-0.1, -0.05) is 30.3 Å². The molecule has 0 saturated heterocycles. The minimum Gasteiger partial charge on any atom is -0.334 e. The number of carbonyl (C=O) groups excluding carboxylic acids is 1. The van der Waals surface area contributed by atoms with Gasteiger partial charge in [0.25, 0.3) is 0 Å². The molecular weight excluding hydrogens is 226 g/mol. The summed E-state index contributed by atoms with van der Waals surface area (Å²) in [4.78, 5) is 11.5. The molecule has 4 nitrogen and oxygen atoms in total. The Bertz CT molecular complexity index is 438. The lowest BCUT2D eigenvalue weighted by molar-refractivity contribution is 0.243. The Morgan fingerprint density at radius 3 is 2.89 bits per heavy atom. The first-order valence-electron chi connectivity index (χ1n) is 6.27. The van der Waals surface area contributed by atoms with Crippen molar-refractivity contribution in [3.8, 4) is 0 Å². The number of hydrogen-bond donors (Lipinski definition) is 3. The summed E-state index contributed by atoms with van der Waals surface area (Å²) in [5.41, 5.74) is 7.69. The maximum Gasteiger partial charge on any atom is 0.319 e. The zero-order chi connectivity index (χ0) is 12.8. The average molecular weight is 245 g/mol. The Morgan fingerprint density at radius 1 is 1.39 bits per heavy atom. The second-order valence-corrected chi connectivity index (χ2v) is 4.55. The molecule has 0 aliphatic heterocycles. The van der Waals surface area contributed by atoms with Crippen LogP contribution >= 0.6 is 0 Å². The van der Waals surface area contributed by atoms with Gasteiger partial charge >= 0.3 is 6.03 Å². The first kappa shape index (κ1) is 12.6. The molecule has 0 spiro atoms. The van der Waals surface area contributed by atoms with Gasteiger partial charge in [-0.05, 0) is 29.9 Å². The number of carbonyl (C=O) groups is 1. The average Bonchev–Trinajstić information content (AvgIpc) is 3.21. The van der Waals surface area contributed by atoms with Gasteiger partial charge < -0.3 is 16.4 Å². The number of amides is 2. The summed E-state index contributed by atoms with van der Waals surface area (Å²) in [5, 5.41) is 5.50. The van der Waals surface area contributed by atoms with Crippen molar-refractivity contribution in [2.45, 2.75) is 25.9 Å². The van der Waals surface area contributed by atoms with Crippen molar-refractivity contribution in [3.05, 3.63) is 47.7 Å². The van der Waals surface area contributed by atoms with Crippen molar-refractivity contribution in [2.24, 2.45) is 11.7 Å². The zero-order valence-corrected chi connectivity index (χ0v) is 10.4. The lowest BCUT2D eigenvalue weighted by Crippen LogP contribution is -2.31. The van der Waals surface area contributed by atoms with E-state index in [2.05, 4.69) is 10.6 Å². The van der Waals surface area contributed by atoms with Crippen molar-refractivity contribution < 1.29 is 4.79 Å². The molecule has 0 unspecified atom stereocenters. The van der Waals surface area contributed by atoms with Gasteiger partial charge in [-0.3, -0.25) is 0 Å². The molecule has 0 heterocycles. The number of nitrogens with two attached hydrogens (primary N) is 1. The van der Waals surface area contributed by atoms with E-state index >= 15 is 0 Å². The summed E-state index contributed by atoms with van der Waals surface area (Å²) in [6.07, 6.45) is 6.25. The molecule has 4 heteroatoms. The highest BCUT2D eigenvalue weighted by atomic mass is 16.2. The lowest BCUT2D eigenvalue weighted by atomic mass is 10.1. The molecule has 0 aromatic heterocycles. The van der Waals surface area contributed by atoms with Crippen LogP contribution in [-0.4, -0.2) is 6.03 Å². The molecule has 96 valence electrons. The van der Waals surface area contributed by atoms with Crippen LogP contribution in [0, 0.1) is 5.92 Å². The van der Waals surface area contributed by atoms with E-state index in [0.29, 0.717) is 19.0 Å². The Hall–Kier alpha value is -1.81. The predicted octanol–water partition coefficient (Wildman–Crippen LogP) is 1.87. The summed E-state index contributed by atoms with van der Waals surface area (Å²) >= 11 is 0. The molecule has 2 amide bonds. The molecule has 0 radical (unpaired) electrons. The van der Waals surface area contributed by atoms with E-state index in [1.807, 2.05) is 30.3 Å². The van der Waals surface area contributed by atoms with Gasteiger partial charge in [-0.25, -0.2) is 4.79 Å². The topological polar surface area (TPSA) is 67.1 Å². The monoisotopic (exact) mass is 245 g/mol. The van der Waals surface area contributed by atoms with Gasteiger partial charge in [0.05, 0.1) is 0 Å². The normalized spacial score (nSPS) is 14.7. The molecule has 1 aromatic carbocycles. The van der Waals surface area contributed by atoms with Gasteiger partial charge in [0, 0.05) is 19.3 Å². The lowest BCUT2D eigenvalue weighted by Gasteiger charge is -2.06. The third-order valence-corrected chi connectivity index (χ3v) is 2.88. The van der Waals surface area contributed by atoms with Crippen LogP contribution in [0.3, 0.4) is 0 Å². The van der Waals surface area contributed by atoms with Crippen molar-refractivity contribution in [2.75, 3.05) is 0 Å². The van der Waals surface area contributed by atoms with Crippen LogP contribution < -0.4 is 16.4 Å². The van der Waals surface area contributed by atoms with E-state index in [1.54, 1.807) is 6.20 Å². The second kappa shape index (κ2) is 6.21. The Balaban J connectivity index is 1.73. The van der Waals surface area contributed by atoms with E-state index in [0.717, 1.165) is 11.1 Å². The molecule has 1 saturated carbocycles. The Morgan fingerprint density at radius 2 is 2.17 bits per heavy atom. The molecule has 0 atom stereocenters. The van der Waals surface area contributed by atoms with Crippen molar-refractivity contribution in [1.29, 1.82) is 0 Å². The van der Waals surface area contributed by atoms with Crippen LogP contribution in [0.5, 0.6) is 0 Å². The minimum atomic E-state index is -0.176. The van der Waals surface area contributed by atoms with E-state index in [-0.39, 0.29) is 6.03 Å². The molecule has 0 bridgehead atoms. The van der Waals surface area contributed by atoms with Gasteiger partial charge in [-0.2, -0.15) is 0 Å². The first-order chi connectivity index (χ1) is 8.78. The highest BCUT2D eigenvalue weighted by Gasteiger charge is 2.16. The Labute approximate surface area is 107 Å². The van der Waals surface area contributed by atoms with Crippen molar-refractivity contribution >= 4 is 6.03 Å². The maximum absolute atomic E-state index is 11.5. The summed E-state index contributed by atoms with van der Waals surface area (Å²) in [6.45, 7) is 1.03. The fraction of sp³-hybridized carbons (Fsp3) is 0.357. The fourth-order valence-electron chi connectivity index (χ4n) is 1.65. The smallest absolute Gasteiger partial charge is 0.319 e. The van der Waals surface area contributed by atoms with Crippen LogP contribution in [0.25, 0.3) is 0 Å². The second-order valence-electron chi connectivity index (χ2n) is 4.55. The van der Waals surface area contributed by atoms with E-state index in [4.69, 9.17) is 5.73 Å². The highest BCUT2D eigenvalue weighted by Crippen LogP contribution is 2.29. The van der Waals surface area contributed by atoms with E-state index in [1.165, 1.54) is 12.8 Å². The fourth-order valence-corrected chi connectivity index (χ4v) is 1.65. The third kappa shape index (κ3) is 4.22. The van der Waals surface area contributed by atoms with Gasteiger partial charge in [0.15, 0.2) is 0 Å². The molecule has 2 rings (SSSR count). The number of benzene rings is 1. The van der Waals surface area contributed by atoms with E-state index in [9.17, 15) is 4.79 Å². The number of allylic oxidation sites excluding steroid dienone is 1. The van der Waals surface area contributed by atoms with Crippen LogP contribution in [-0.2, 0) is 13.1 Å². The standard InChI is InChI=1S/C14H19N3O/c15-9-12-2-1-3-13(8-12)10-17-14(18)16-7-6-11-4-5-11/h1-3,6-8,11H,4-5,9-10,15H2,(H2,16,17,18)/b7-6+. The molecule has 1 aliphatic rings. The summed E-state index contributed by atoms with van der Waals surface area (Å²) in [6, 6.07) is 7.72. The minimum absolute atomic E-state index is 0.176. The van der Waals surface area contributed by atoms with Crippen molar-refractivity contribution in [3.63, 3.8) is 0 Å². The predicted molar refractivity (Wildman–Crippen MR) is 71.6 cm³/mol. The quantitative estimate of drug-likeness (QED) is 0.741. The Kier molecular flexibility index (Phi) is 4.36. The number of urea groups is 1. The molecule has 1 aliphatic carbocycles. The SMILES string of the molecule is NCc1cccc(CNC(=O)N/C=C/C2CC2)c1. The summed E-state index contributed by atoms with van der Waals surface area (Å²) < 4.78 is 0. The number of nitrogens with one attached hydrogen (secondary N) is 2. The molecule has 1 aromatic rings. The third-order valence-electron chi connectivity index (χ3n) is 2.88. The van der Waals surface area contributed by atoms with Crippen molar-refractivity contribution in [1.82, 2.24) is 10.6 Å². The summed E-state index contributed by atoms with van der Waals surface area (Å²) in [5.74, 6) is 0.673. The first-order valence-corrected chi connectivity index (χ1v) is 6.27. The molecular formula is C14H19N3O. The molecule has 18 heavy (non-hydrogen) atoms. The van der Waals surface area contributed by atoms with Gasteiger partial charge in [0.2, 0.25) is 0 Å². The summed E-state index contributed by atoms with van der Waals surface area (Å²) in [7, 11) is 0. The number of rotatable bonds is 5. The van der Waals surface area contributed by atoms with Crippen LogP contribution in [0.1, 0.15) is 24.0 Å². The van der Waals surface area contributed by atoms with Crippen LogP contribution in [0.15, 0.2) is 36.5 Å². The highest BCUT2D eigenvalue weighted by molar-refractivity contribution is 5.74. The number of hydrogen-bond acceptors (Lipinski definition) is 2. The zero-order valence-electron chi connectivity index (χ0n) is 10.4. The van der Waals surface area contributed by atoms with Gasteiger partial charge in [0.1, 0.15) is 0 Å².